The third kappa shape index (κ3) is 8.73. The fraction of sp³-hybridized carbons (Fsp3) is 0.727. The van der Waals surface area contributed by atoms with Crippen LogP contribution >= 0.6 is 11.8 Å². The number of hydrogen-bond acceptors (Lipinski definition) is 6. The highest BCUT2D eigenvalue weighted by atomic mass is 32.2. The van der Waals surface area contributed by atoms with E-state index in [1.54, 1.807) is 0 Å². The first-order chi connectivity index (χ1) is 9.38. The molecule has 0 bridgehead atoms. The standard InChI is InChI=1S/C11H21N3O5S/c12-4-1-2-9(15)14-8(11(18)19)3-5-20-6-7(13)10(16)17/h7-8H,1-6,12-13H2,(H,14,15)(H,16,17)(H,18,19)/t7-,8-/m0/s1. The summed E-state index contributed by atoms with van der Waals surface area (Å²) in [7, 11) is 0. The smallest absolute Gasteiger partial charge is 0.326 e. The zero-order valence-electron chi connectivity index (χ0n) is 11.1. The lowest BCUT2D eigenvalue weighted by molar-refractivity contribution is -0.142. The molecule has 0 unspecified atom stereocenters. The summed E-state index contributed by atoms with van der Waals surface area (Å²) < 4.78 is 0. The summed E-state index contributed by atoms with van der Waals surface area (Å²) in [4.78, 5) is 32.9. The average Bonchev–Trinajstić information content (AvgIpc) is 2.38. The zero-order chi connectivity index (χ0) is 15.5. The van der Waals surface area contributed by atoms with E-state index in [4.69, 9.17) is 21.7 Å². The van der Waals surface area contributed by atoms with Crippen molar-refractivity contribution in [1.82, 2.24) is 5.32 Å². The van der Waals surface area contributed by atoms with Crippen LogP contribution in [0.15, 0.2) is 0 Å². The summed E-state index contributed by atoms with van der Waals surface area (Å²) in [5.74, 6) is -1.97. The monoisotopic (exact) mass is 307 g/mol. The van der Waals surface area contributed by atoms with Gasteiger partial charge in [0.2, 0.25) is 5.91 Å². The van der Waals surface area contributed by atoms with Crippen molar-refractivity contribution in [2.24, 2.45) is 11.5 Å². The summed E-state index contributed by atoms with van der Waals surface area (Å²) >= 11 is 1.24. The van der Waals surface area contributed by atoms with Crippen molar-refractivity contribution in [2.45, 2.75) is 31.3 Å². The lowest BCUT2D eigenvalue weighted by Crippen LogP contribution is -2.41. The lowest BCUT2D eigenvalue weighted by atomic mass is 10.2. The average molecular weight is 307 g/mol. The van der Waals surface area contributed by atoms with Crippen LogP contribution in [0.1, 0.15) is 19.3 Å². The molecule has 0 fully saturated rings. The van der Waals surface area contributed by atoms with Crippen LogP contribution in [0.25, 0.3) is 0 Å². The third-order valence-electron chi connectivity index (χ3n) is 2.41. The molecule has 0 rings (SSSR count). The predicted molar refractivity (Wildman–Crippen MR) is 75.4 cm³/mol. The van der Waals surface area contributed by atoms with Crippen molar-refractivity contribution in [3.8, 4) is 0 Å². The second-order valence-corrected chi connectivity index (χ2v) is 5.31. The Balaban J connectivity index is 4.00. The Morgan fingerprint density at radius 2 is 1.85 bits per heavy atom. The van der Waals surface area contributed by atoms with Crippen molar-refractivity contribution in [3.63, 3.8) is 0 Å². The minimum atomic E-state index is -1.12. The van der Waals surface area contributed by atoms with Crippen molar-refractivity contribution in [3.05, 3.63) is 0 Å². The molecule has 0 aliphatic heterocycles. The zero-order valence-corrected chi connectivity index (χ0v) is 11.9. The fourth-order valence-electron chi connectivity index (χ4n) is 1.27. The van der Waals surface area contributed by atoms with E-state index < -0.39 is 24.0 Å². The number of carboxylic acids is 2. The lowest BCUT2D eigenvalue weighted by Gasteiger charge is -2.14. The number of carboxylic acid groups (broad SMARTS) is 2. The SMILES string of the molecule is NCCCC(=O)N[C@@H](CCSC[C@H](N)C(=O)O)C(=O)O. The molecule has 0 radical (unpaired) electrons. The molecule has 0 heterocycles. The van der Waals surface area contributed by atoms with Crippen molar-refractivity contribution in [2.75, 3.05) is 18.1 Å². The molecular formula is C11H21N3O5S. The van der Waals surface area contributed by atoms with E-state index in [0.717, 1.165) is 0 Å². The molecule has 0 aliphatic carbocycles. The molecule has 0 aromatic carbocycles. The fourth-order valence-corrected chi connectivity index (χ4v) is 2.23. The van der Waals surface area contributed by atoms with E-state index in [9.17, 15) is 14.4 Å². The quantitative estimate of drug-likeness (QED) is 0.299. The van der Waals surface area contributed by atoms with Crippen LogP contribution in [0, 0.1) is 0 Å². The number of aliphatic carboxylic acids is 2. The van der Waals surface area contributed by atoms with Crippen LogP contribution in [0.4, 0.5) is 0 Å². The Morgan fingerprint density at radius 3 is 2.35 bits per heavy atom. The topological polar surface area (TPSA) is 156 Å². The first kappa shape index (κ1) is 18.7. The molecule has 0 spiro atoms. The van der Waals surface area contributed by atoms with Gasteiger partial charge in [-0.15, -0.1) is 0 Å². The molecular weight excluding hydrogens is 286 g/mol. The van der Waals surface area contributed by atoms with Gasteiger partial charge in [-0.05, 0) is 25.1 Å². The number of carbonyl (C=O) groups is 3. The minimum Gasteiger partial charge on any atom is -0.480 e. The van der Waals surface area contributed by atoms with Gasteiger partial charge in [0.15, 0.2) is 0 Å². The maximum atomic E-state index is 11.4. The van der Waals surface area contributed by atoms with Crippen molar-refractivity contribution < 1.29 is 24.6 Å². The van der Waals surface area contributed by atoms with E-state index >= 15 is 0 Å². The van der Waals surface area contributed by atoms with Crippen molar-refractivity contribution >= 4 is 29.6 Å². The van der Waals surface area contributed by atoms with Gasteiger partial charge in [-0.2, -0.15) is 11.8 Å². The van der Waals surface area contributed by atoms with Gasteiger partial charge in [0, 0.05) is 12.2 Å². The van der Waals surface area contributed by atoms with E-state index in [0.29, 0.717) is 18.7 Å². The first-order valence-corrected chi connectivity index (χ1v) is 7.32. The Bertz CT molecular complexity index is 340. The number of rotatable bonds is 11. The molecule has 20 heavy (non-hydrogen) atoms. The molecule has 7 N–H and O–H groups in total. The molecule has 1 amide bonds. The summed E-state index contributed by atoms with van der Waals surface area (Å²) in [6.45, 7) is 0.369. The van der Waals surface area contributed by atoms with E-state index in [-0.39, 0.29) is 24.5 Å². The van der Waals surface area contributed by atoms with Crippen molar-refractivity contribution in [1.29, 1.82) is 0 Å². The van der Waals surface area contributed by atoms with Crippen LogP contribution in [0.2, 0.25) is 0 Å². The highest BCUT2D eigenvalue weighted by Gasteiger charge is 2.19. The Kier molecular flexibility index (Phi) is 9.77. The number of nitrogens with two attached hydrogens (primary N) is 2. The molecule has 116 valence electrons. The summed E-state index contributed by atoms with van der Waals surface area (Å²) in [5.41, 5.74) is 10.6. The van der Waals surface area contributed by atoms with Crippen LogP contribution < -0.4 is 16.8 Å². The number of nitrogens with one attached hydrogen (secondary N) is 1. The minimum absolute atomic E-state index is 0.192. The second kappa shape index (κ2) is 10.5. The highest BCUT2D eigenvalue weighted by molar-refractivity contribution is 7.99. The number of thioether (sulfide) groups is 1. The number of amides is 1. The molecule has 2 atom stereocenters. The summed E-state index contributed by atoms with van der Waals surface area (Å²) in [6.07, 6.45) is 0.901. The summed E-state index contributed by atoms with van der Waals surface area (Å²) in [5, 5.41) is 20.0. The first-order valence-electron chi connectivity index (χ1n) is 6.16. The van der Waals surface area contributed by atoms with Gasteiger partial charge < -0.3 is 27.0 Å². The molecule has 8 nitrogen and oxygen atoms in total. The van der Waals surface area contributed by atoms with Crippen LogP contribution in [0.3, 0.4) is 0 Å². The molecule has 0 saturated heterocycles. The maximum Gasteiger partial charge on any atom is 0.326 e. The third-order valence-corrected chi connectivity index (χ3v) is 3.53. The van der Waals surface area contributed by atoms with Gasteiger partial charge in [-0.3, -0.25) is 9.59 Å². The second-order valence-electron chi connectivity index (χ2n) is 4.16. The molecule has 0 saturated carbocycles. The predicted octanol–water partition coefficient (Wildman–Crippen LogP) is -1.17. The van der Waals surface area contributed by atoms with Crippen LogP contribution in [-0.2, 0) is 14.4 Å². The maximum absolute atomic E-state index is 11.4. The Morgan fingerprint density at radius 1 is 1.20 bits per heavy atom. The van der Waals surface area contributed by atoms with Gasteiger partial charge in [-0.25, -0.2) is 4.79 Å². The van der Waals surface area contributed by atoms with Gasteiger partial charge in [0.1, 0.15) is 12.1 Å². The highest BCUT2D eigenvalue weighted by Crippen LogP contribution is 2.07. The van der Waals surface area contributed by atoms with Gasteiger partial charge in [0.05, 0.1) is 0 Å². The number of hydrogen-bond donors (Lipinski definition) is 5. The summed E-state index contributed by atoms with van der Waals surface area (Å²) in [6, 6.07) is -1.95. The van der Waals surface area contributed by atoms with E-state index in [1.807, 2.05) is 0 Å². The molecule has 0 aliphatic rings. The van der Waals surface area contributed by atoms with Crippen LogP contribution in [0.5, 0.6) is 0 Å². The molecule has 9 heteroatoms. The van der Waals surface area contributed by atoms with Gasteiger partial charge in [-0.1, -0.05) is 0 Å². The molecule has 0 aromatic heterocycles. The number of carbonyl (C=O) groups excluding carboxylic acids is 1. The van der Waals surface area contributed by atoms with Crippen LogP contribution in [-0.4, -0.2) is 58.2 Å². The Labute approximate surface area is 121 Å². The van der Waals surface area contributed by atoms with Gasteiger partial charge in [0.25, 0.3) is 0 Å². The largest absolute Gasteiger partial charge is 0.480 e. The van der Waals surface area contributed by atoms with E-state index in [1.165, 1.54) is 11.8 Å². The Hall–Kier alpha value is -1.32. The molecule has 0 aromatic rings. The normalized spacial score (nSPS) is 13.5. The van der Waals surface area contributed by atoms with Gasteiger partial charge >= 0.3 is 11.9 Å². The van der Waals surface area contributed by atoms with E-state index in [2.05, 4.69) is 5.32 Å².